The van der Waals surface area contributed by atoms with Crippen LogP contribution in [0, 0.1) is 13.8 Å². The molecule has 0 N–H and O–H groups in total. The van der Waals surface area contributed by atoms with Gasteiger partial charge in [0.25, 0.3) is 0 Å². The summed E-state index contributed by atoms with van der Waals surface area (Å²) in [5, 5.41) is 3.00. The maximum atomic E-state index is 5.40. The van der Waals surface area contributed by atoms with Crippen molar-refractivity contribution in [2.45, 2.75) is 13.8 Å². The number of aromatic nitrogens is 1. The largest absolute Gasteiger partial charge is 0.496 e. The minimum atomic E-state index is 0.905. The Morgan fingerprint density at radius 1 is 1.27 bits per heavy atom. The van der Waals surface area contributed by atoms with E-state index in [4.69, 9.17) is 4.74 Å². The minimum Gasteiger partial charge on any atom is -0.496 e. The van der Waals surface area contributed by atoms with Gasteiger partial charge in [0.15, 0.2) is 0 Å². The van der Waals surface area contributed by atoms with Crippen LogP contribution in [-0.4, -0.2) is 12.1 Å². The lowest BCUT2D eigenvalue weighted by molar-refractivity contribution is 0.416. The zero-order chi connectivity index (χ0) is 10.8. The maximum absolute atomic E-state index is 5.40. The van der Waals surface area contributed by atoms with Crippen molar-refractivity contribution in [1.29, 1.82) is 0 Å². The van der Waals surface area contributed by atoms with Gasteiger partial charge in [-0.1, -0.05) is 6.07 Å². The van der Waals surface area contributed by atoms with Crippen molar-refractivity contribution >= 4 is 11.3 Å². The monoisotopic (exact) mass is 219 g/mol. The second-order valence-corrected chi connectivity index (χ2v) is 4.39. The summed E-state index contributed by atoms with van der Waals surface area (Å²) in [4.78, 5) is 4.32. The molecule has 2 aromatic rings. The Morgan fingerprint density at radius 2 is 2.07 bits per heavy atom. The highest BCUT2D eigenvalue weighted by atomic mass is 32.1. The van der Waals surface area contributed by atoms with Gasteiger partial charge < -0.3 is 4.74 Å². The van der Waals surface area contributed by atoms with Crippen molar-refractivity contribution in [2.24, 2.45) is 0 Å². The second-order valence-electron chi connectivity index (χ2n) is 3.50. The average molecular weight is 219 g/mol. The maximum Gasteiger partial charge on any atom is 0.129 e. The molecule has 1 aromatic heterocycles. The van der Waals surface area contributed by atoms with Crippen LogP contribution < -0.4 is 4.74 Å². The second kappa shape index (κ2) is 4.03. The lowest BCUT2D eigenvalue weighted by Gasteiger charge is -2.10. The van der Waals surface area contributed by atoms with Crippen molar-refractivity contribution < 1.29 is 4.74 Å². The third kappa shape index (κ3) is 1.88. The third-order valence-corrected chi connectivity index (χ3v) is 3.10. The zero-order valence-electron chi connectivity index (χ0n) is 9.07. The van der Waals surface area contributed by atoms with Crippen molar-refractivity contribution in [3.05, 3.63) is 34.8 Å². The van der Waals surface area contributed by atoms with Gasteiger partial charge in [-0.2, -0.15) is 0 Å². The molecule has 0 radical (unpaired) electrons. The van der Waals surface area contributed by atoms with Gasteiger partial charge in [0.05, 0.1) is 12.7 Å². The van der Waals surface area contributed by atoms with Crippen LogP contribution in [0.3, 0.4) is 0 Å². The molecule has 0 atom stereocenters. The van der Waals surface area contributed by atoms with Gasteiger partial charge in [0, 0.05) is 11.6 Å². The van der Waals surface area contributed by atoms with E-state index in [0.717, 1.165) is 16.3 Å². The molecule has 0 unspecified atom stereocenters. The Balaban J connectivity index is 2.64. The van der Waals surface area contributed by atoms with E-state index in [1.807, 2.05) is 17.6 Å². The molecule has 0 amide bonds. The first kappa shape index (κ1) is 10.2. The molecular formula is C12H13NOS. The number of thiazole rings is 1. The third-order valence-electron chi connectivity index (χ3n) is 2.31. The van der Waals surface area contributed by atoms with Gasteiger partial charge in [-0.15, -0.1) is 11.3 Å². The summed E-state index contributed by atoms with van der Waals surface area (Å²) >= 11 is 1.63. The Morgan fingerprint density at radius 3 is 2.67 bits per heavy atom. The Labute approximate surface area is 93.6 Å². The lowest BCUT2D eigenvalue weighted by Crippen LogP contribution is -1.92. The van der Waals surface area contributed by atoms with E-state index >= 15 is 0 Å². The van der Waals surface area contributed by atoms with Crippen LogP contribution in [0.2, 0.25) is 0 Å². The summed E-state index contributed by atoms with van der Waals surface area (Å²) in [6.07, 6.45) is 1.82. The van der Waals surface area contributed by atoms with E-state index in [2.05, 4.69) is 24.9 Å². The summed E-state index contributed by atoms with van der Waals surface area (Å²) in [7, 11) is 1.70. The van der Waals surface area contributed by atoms with Gasteiger partial charge in [-0.05, 0) is 31.0 Å². The van der Waals surface area contributed by atoms with Crippen LogP contribution in [0.5, 0.6) is 5.75 Å². The normalized spacial score (nSPS) is 10.3. The first-order valence-corrected chi connectivity index (χ1v) is 5.65. The number of ether oxygens (including phenoxy) is 1. The Bertz CT molecular complexity index is 463. The average Bonchev–Trinajstić information content (AvgIpc) is 2.69. The van der Waals surface area contributed by atoms with Crippen LogP contribution >= 0.6 is 11.3 Å². The molecule has 2 nitrogen and oxygen atoms in total. The minimum absolute atomic E-state index is 0.905. The molecule has 0 bridgehead atoms. The summed E-state index contributed by atoms with van der Waals surface area (Å²) in [5.41, 5.74) is 3.53. The highest BCUT2D eigenvalue weighted by molar-refractivity contribution is 7.13. The van der Waals surface area contributed by atoms with Gasteiger partial charge in [0.2, 0.25) is 0 Å². The van der Waals surface area contributed by atoms with E-state index in [9.17, 15) is 0 Å². The molecular weight excluding hydrogens is 206 g/mol. The number of methoxy groups -OCH3 is 1. The highest BCUT2D eigenvalue weighted by Crippen LogP contribution is 2.35. The summed E-state index contributed by atoms with van der Waals surface area (Å²) in [6.45, 7) is 4.16. The fourth-order valence-corrected chi connectivity index (χ4v) is 2.46. The summed E-state index contributed by atoms with van der Waals surface area (Å²) in [6, 6.07) is 4.20. The number of aryl methyl sites for hydroxylation is 2. The lowest BCUT2D eigenvalue weighted by atomic mass is 10.0. The smallest absolute Gasteiger partial charge is 0.129 e. The molecule has 15 heavy (non-hydrogen) atoms. The summed E-state index contributed by atoms with van der Waals surface area (Å²) in [5.74, 6) is 0.905. The van der Waals surface area contributed by atoms with E-state index in [1.54, 1.807) is 18.4 Å². The number of hydrogen-bond donors (Lipinski definition) is 0. The van der Waals surface area contributed by atoms with E-state index in [1.165, 1.54) is 11.1 Å². The van der Waals surface area contributed by atoms with Crippen LogP contribution in [0.25, 0.3) is 10.6 Å². The predicted molar refractivity (Wildman–Crippen MR) is 63.6 cm³/mol. The number of hydrogen-bond acceptors (Lipinski definition) is 3. The molecule has 2 rings (SSSR count). The predicted octanol–water partition coefficient (Wildman–Crippen LogP) is 3.44. The van der Waals surface area contributed by atoms with Crippen LogP contribution in [0.1, 0.15) is 11.1 Å². The van der Waals surface area contributed by atoms with Crippen molar-refractivity contribution in [1.82, 2.24) is 4.98 Å². The van der Waals surface area contributed by atoms with Crippen molar-refractivity contribution in [3.8, 4) is 16.3 Å². The molecule has 0 fully saturated rings. The Kier molecular flexibility index (Phi) is 2.73. The summed E-state index contributed by atoms with van der Waals surface area (Å²) < 4.78 is 5.40. The van der Waals surface area contributed by atoms with E-state index in [-0.39, 0.29) is 0 Å². The van der Waals surface area contributed by atoms with Gasteiger partial charge in [-0.25, -0.2) is 4.98 Å². The molecule has 3 heteroatoms. The molecule has 0 saturated heterocycles. The molecule has 0 saturated carbocycles. The first-order chi connectivity index (χ1) is 7.22. The molecule has 0 spiro atoms. The number of nitrogens with zero attached hydrogens (tertiary/aromatic N) is 1. The van der Waals surface area contributed by atoms with Crippen LogP contribution in [-0.2, 0) is 0 Å². The quantitative estimate of drug-likeness (QED) is 0.772. The highest BCUT2D eigenvalue weighted by Gasteiger charge is 2.11. The standard InChI is InChI=1S/C12H13NOS/c1-8-6-9(2)11(10(7-8)14-3)12-13-4-5-15-12/h4-7H,1-3H3. The van der Waals surface area contributed by atoms with Gasteiger partial charge >= 0.3 is 0 Å². The van der Waals surface area contributed by atoms with E-state index in [0.29, 0.717) is 0 Å². The zero-order valence-corrected chi connectivity index (χ0v) is 9.89. The van der Waals surface area contributed by atoms with E-state index < -0.39 is 0 Å². The Hall–Kier alpha value is -1.35. The van der Waals surface area contributed by atoms with Crippen LogP contribution in [0.15, 0.2) is 23.7 Å². The SMILES string of the molecule is COc1cc(C)cc(C)c1-c1nccs1. The molecule has 78 valence electrons. The molecule has 1 aromatic carbocycles. The number of benzene rings is 1. The van der Waals surface area contributed by atoms with Gasteiger partial charge in [-0.3, -0.25) is 0 Å². The van der Waals surface area contributed by atoms with Crippen molar-refractivity contribution in [2.75, 3.05) is 7.11 Å². The topological polar surface area (TPSA) is 22.1 Å². The van der Waals surface area contributed by atoms with Crippen molar-refractivity contribution in [3.63, 3.8) is 0 Å². The van der Waals surface area contributed by atoms with Gasteiger partial charge in [0.1, 0.15) is 10.8 Å². The van der Waals surface area contributed by atoms with Crippen LogP contribution in [0.4, 0.5) is 0 Å². The number of rotatable bonds is 2. The molecule has 0 aliphatic carbocycles. The fourth-order valence-electron chi connectivity index (χ4n) is 1.71. The first-order valence-electron chi connectivity index (χ1n) is 4.77. The molecule has 1 heterocycles. The molecule has 0 aliphatic heterocycles. The fraction of sp³-hybridized carbons (Fsp3) is 0.250. The molecule has 0 aliphatic rings.